The Morgan fingerprint density at radius 2 is 1.78 bits per heavy atom. The number of benzene rings is 1. The van der Waals surface area contributed by atoms with Gasteiger partial charge in [-0.05, 0) is 103 Å². The van der Waals surface area contributed by atoms with E-state index in [1.54, 1.807) is 7.11 Å². The van der Waals surface area contributed by atoms with Crippen molar-refractivity contribution in [3.63, 3.8) is 0 Å². The van der Waals surface area contributed by atoms with Gasteiger partial charge in [0.2, 0.25) is 0 Å². The minimum atomic E-state index is 0.118. The van der Waals surface area contributed by atoms with Crippen LogP contribution in [-0.4, -0.2) is 18.8 Å². The smallest absolute Gasteiger partial charge is 0.175 e. The molecule has 4 saturated carbocycles. The molecule has 0 radical (unpaired) electrons. The molecule has 3 nitrogen and oxygen atoms in total. The summed E-state index contributed by atoms with van der Waals surface area (Å²) in [7, 11) is 1.72. The van der Waals surface area contributed by atoms with Crippen LogP contribution in [-0.2, 0) is 6.54 Å². The predicted molar refractivity (Wildman–Crippen MR) is 113 cm³/mol. The largest absolute Gasteiger partial charge is 0.493 e. The van der Waals surface area contributed by atoms with E-state index in [4.69, 9.17) is 9.47 Å². The summed E-state index contributed by atoms with van der Waals surface area (Å²) in [5.41, 5.74) is 2.64. The molecule has 0 aliphatic heterocycles. The molecule has 2 atom stereocenters. The van der Waals surface area contributed by atoms with Crippen molar-refractivity contribution >= 4 is 15.9 Å². The van der Waals surface area contributed by atoms with Crippen molar-refractivity contribution in [1.82, 2.24) is 5.32 Å². The van der Waals surface area contributed by atoms with Gasteiger partial charge in [-0.3, -0.25) is 0 Å². The van der Waals surface area contributed by atoms with Crippen LogP contribution >= 0.6 is 15.9 Å². The molecule has 150 valence electrons. The Hall–Kier alpha value is -0.740. The van der Waals surface area contributed by atoms with Crippen LogP contribution in [0.4, 0.5) is 0 Å². The second-order valence-corrected chi connectivity index (χ2v) is 11.4. The number of ether oxygens (including phenoxy) is 2. The fraction of sp³-hybridized carbons (Fsp3) is 0.739. The van der Waals surface area contributed by atoms with Gasteiger partial charge in [0.15, 0.2) is 11.5 Å². The van der Waals surface area contributed by atoms with E-state index in [2.05, 4.69) is 47.2 Å². The van der Waals surface area contributed by atoms with Crippen LogP contribution in [0.2, 0.25) is 0 Å². The Bertz CT molecular complexity index is 713. The number of hydrogen-bond donors (Lipinski definition) is 1. The Kier molecular flexibility index (Phi) is 4.82. The zero-order chi connectivity index (χ0) is 19.4. The molecule has 0 heterocycles. The molecule has 4 heteroatoms. The molecule has 4 aliphatic carbocycles. The van der Waals surface area contributed by atoms with Gasteiger partial charge in [0.25, 0.3) is 0 Å². The highest BCUT2D eigenvalue weighted by Gasteiger charge is 2.59. The molecule has 0 saturated heterocycles. The lowest BCUT2D eigenvalue weighted by Crippen LogP contribution is -2.63. The van der Waals surface area contributed by atoms with Crippen molar-refractivity contribution in [3.05, 3.63) is 22.2 Å². The highest BCUT2D eigenvalue weighted by Crippen LogP contribution is 2.66. The van der Waals surface area contributed by atoms with Gasteiger partial charge < -0.3 is 14.8 Å². The SMILES string of the molecule is COc1cc(CNC23CC4CC(C)(CC(C)(C4)C2)C3)cc(Br)c1OC(C)C. The van der Waals surface area contributed by atoms with Gasteiger partial charge >= 0.3 is 0 Å². The van der Waals surface area contributed by atoms with E-state index in [9.17, 15) is 0 Å². The number of methoxy groups -OCH3 is 1. The first kappa shape index (κ1) is 19.6. The zero-order valence-corrected chi connectivity index (χ0v) is 19.0. The summed E-state index contributed by atoms with van der Waals surface area (Å²) in [5, 5.41) is 4.02. The van der Waals surface area contributed by atoms with Crippen LogP contribution in [0.1, 0.15) is 71.8 Å². The van der Waals surface area contributed by atoms with Gasteiger partial charge in [0.05, 0.1) is 17.7 Å². The van der Waals surface area contributed by atoms with Crippen molar-refractivity contribution in [1.29, 1.82) is 0 Å². The first-order valence-corrected chi connectivity index (χ1v) is 11.2. The predicted octanol–water partition coefficient (Wildman–Crippen LogP) is 6.08. The maximum atomic E-state index is 5.93. The van der Waals surface area contributed by atoms with Crippen molar-refractivity contribution in [3.8, 4) is 11.5 Å². The Morgan fingerprint density at radius 3 is 2.33 bits per heavy atom. The van der Waals surface area contributed by atoms with Gasteiger partial charge in [0.1, 0.15) is 0 Å². The summed E-state index contributed by atoms with van der Waals surface area (Å²) in [4.78, 5) is 0. The Labute approximate surface area is 172 Å². The molecule has 1 aromatic carbocycles. The molecule has 4 aliphatic rings. The Morgan fingerprint density at radius 1 is 1.11 bits per heavy atom. The second-order valence-electron chi connectivity index (χ2n) is 10.5. The fourth-order valence-corrected chi connectivity index (χ4v) is 7.74. The van der Waals surface area contributed by atoms with Crippen molar-refractivity contribution in [2.75, 3.05) is 7.11 Å². The molecule has 1 aromatic rings. The van der Waals surface area contributed by atoms with Crippen molar-refractivity contribution < 1.29 is 9.47 Å². The first-order chi connectivity index (χ1) is 12.6. The lowest BCUT2D eigenvalue weighted by molar-refractivity contribution is -0.118. The van der Waals surface area contributed by atoms with Crippen LogP contribution in [0.5, 0.6) is 11.5 Å². The average Bonchev–Trinajstić information content (AvgIpc) is 2.51. The first-order valence-electron chi connectivity index (χ1n) is 10.4. The molecule has 4 fully saturated rings. The molecular formula is C23H34BrNO2. The van der Waals surface area contributed by atoms with E-state index in [1.807, 2.05) is 13.8 Å². The van der Waals surface area contributed by atoms with E-state index >= 15 is 0 Å². The molecule has 1 N–H and O–H groups in total. The van der Waals surface area contributed by atoms with Gasteiger partial charge in [0, 0.05) is 12.1 Å². The zero-order valence-electron chi connectivity index (χ0n) is 17.5. The third kappa shape index (κ3) is 3.76. The lowest BCUT2D eigenvalue weighted by atomic mass is 9.43. The standard InChI is InChI=1S/C23H34BrNO2/c1-15(2)27-20-18(24)6-16(7-19(20)26-5)11-25-23-10-17-8-21(3,13-23)12-22(4,9-17)14-23/h6-7,15,17,25H,8-14H2,1-5H3. The van der Waals surface area contributed by atoms with E-state index < -0.39 is 0 Å². The van der Waals surface area contributed by atoms with Gasteiger partial charge in [-0.25, -0.2) is 0 Å². The maximum absolute atomic E-state index is 5.93. The van der Waals surface area contributed by atoms with Crippen LogP contribution in [0.3, 0.4) is 0 Å². The Balaban J connectivity index is 1.53. The molecule has 0 amide bonds. The summed E-state index contributed by atoms with van der Waals surface area (Å²) in [6.45, 7) is 10.0. The number of rotatable bonds is 6. The quantitative estimate of drug-likeness (QED) is 0.586. The topological polar surface area (TPSA) is 30.5 Å². The third-order valence-electron chi connectivity index (χ3n) is 6.94. The van der Waals surface area contributed by atoms with Crippen molar-refractivity contribution in [2.24, 2.45) is 16.7 Å². The summed E-state index contributed by atoms with van der Waals surface area (Å²) in [6.07, 6.45) is 8.43. The molecule has 0 aromatic heterocycles. The summed E-state index contributed by atoms with van der Waals surface area (Å²) in [5.74, 6) is 2.51. The van der Waals surface area contributed by atoms with Gasteiger partial charge in [-0.2, -0.15) is 0 Å². The lowest BCUT2D eigenvalue weighted by Gasteiger charge is -2.65. The van der Waals surface area contributed by atoms with Crippen LogP contribution < -0.4 is 14.8 Å². The van der Waals surface area contributed by atoms with Crippen LogP contribution in [0.15, 0.2) is 16.6 Å². The molecule has 2 unspecified atom stereocenters. The fourth-order valence-electron chi connectivity index (χ4n) is 7.16. The second kappa shape index (κ2) is 6.66. The average molecular weight is 436 g/mol. The molecular weight excluding hydrogens is 402 g/mol. The van der Waals surface area contributed by atoms with Gasteiger partial charge in [-0.15, -0.1) is 0 Å². The van der Waals surface area contributed by atoms with E-state index in [1.165, 1.54) is 44.1 Å². The molecule has 27 heavy (non-hydrogen) atoms. The number of nitrogens with one attached hydrogen (secondary N) is 1. The van der Waals surface area contributed by atoms with Crippen LogP contribution in [0.25, 0.3) is 0 Å². The highest BCUT2D eigenvalue weighted by molar-refractivity contribution is 9.10. The monoisotopic (exact) mass is 435 g/mol. The normalized spacial score (nSPS) is 37.1. The number of hydrogen-bond acceptors (Lipinski definition) is 3. The van der Waals surface area contributed by atoms with Crippen LogP contribution in [0, 0.1) is 16.7 Å². The minimum Gasteiger partial charge on any atom is -0.493 e. The maximum Gasteiger partial charge on any atom is 0.175 e. The molecule has 5 rings (SSSR count). The van der Waals surface area contributed by atoms with Crippen molar-refractivity contribution in [2.45, 2.75) is 84.4 Å². The highest BCUT2D eigenvalue weighted by atomic mass is 79.9. The third-order valence-corrected chi connectivity index (χ3v) is 7.53. The number of halogens is 1. The van der Waals surface area contributed by atoms with Gasteiger partial charge in [-0.1, -0.05) is 13.8 Å². The summed E-state index contributed by atoms with van der Waals surface area (Å²) < 4.78 is 12.5. The molecule has 0 spiro atoms. The van der Waals surface area contributed by atoms with E-state index in [0.29, 0.717) is 16.4 Å². The van der Waals surface area contributed by atoms with E-state index in [0.717, 1.165) is 28.4 Å². The van der Waals surface area contributed by atoms with E-state index in [-0.39, 0.29) is 6.10 Å². The summed E-state index contributed by atoms with van der Waals surface area (Å²) in [6, 6.07) is 4.30. The molecule has 4 bridgehead atoms. The summed E-state index contributed by atoms with van der Waals surface area (Å²) >= 11 is 3.69. The minimum absolute atomic E-state index is 0.118.